The van der Waals surface area contributed by atoms with Crippen LogP contribution in [-0.2, 0) is 22.6 Å². The molecule has 2 heterocycles. The van der Waals surface area contributed by atoms with Crippen molar-refractivity contribution in [2.75, 3.05) is 13.7 Å². The number of carbonyl (C=O) groups excluding carboxylic acids is 2. The Morgan fingerprint density at radius 3 is 2.74 bits per heavy atom. The number of nitrogens with two attached hydrogens (primary N) is 1. The summed E-state index contributed by atoms with van der Waals surface area (Å²) in [5.74, 6) is 0.559. The van der Waals surface area contributed by atoms with Gasteiger partial charge >= 0.3 is 0 Å². The van der Waals surface area contributed by atoms with Crippen LogP contribution in [0.15, 0.2) is 23.0 Å². The van der Waals surface area contributed by atoms with Gasteiger partial charge in [-0.15, -0.1) is 11.3 Å². The van der Waals surface area contributed by atoms with Gasteiger partial charge in [0.25, 0.3) is 11.5 Å². The van der Waals surface area contributed by atoms with Gasteiger partial charge in [0.15, 0.2) is 18.1 Å². The molecule has 0 saturated heterocycles. The summed E-state index contributed by atoms with van der Waals surface area (Å²) in [6.07, 6.45) is 0.519. The molecule has 3 aromatic rings. The van der Waals surface area contributed by atoms with E-state index < -0.39 is 5.91 Å². The zero-order chi connectivity index (χ0) is 22.5. The highest BCUT2D eigenvalue weighted by molar-refractivity contribution is 7.18. The summed E-state index contributed by atoms with van der Waals surface area (Å²) in [5.41, 5.74) is 6.65. The topological polar surface area (TPSA) is 136 Å². The monoisotopic (exact) mass is 444 g/mol. The molecule has 9 nitrogen and oxygen atoms in total. The summed E-state index contributed by atoms with van der Waals surface area (Å²) in [6.45, 7) is 3.90. The minimum atomic E-state index is -0.585. The fourth-order valence-corrected chi connectivity index (χ4v) is 4.08. The second-order valence-corrected chi connectivity index (χ2v) is 8.20. The van der Waals surface area contributed by atoms with Gasteiger partial charge in [-0.25, -0.2) is 4.98 Å². The summed E-state index contributed by atoms with van der Waals surface area (Å²) in [7, 11) is 1.48. The van der Waals surface area contributed by atoms with Gasteiger partial charge in [0.2, 0.25) is 5.91 Å². The van der Waals surface area contributed by atoms with Crippen molar-refractivity contribution in [1.82, 2.24) is 15.3 Å². The van der Waals surface area contributed by atoms with E-state index in [2.05, 4.69) is 15.3 Å². The predicted octanol–water partition coefficient (Wildman–Crippen LogP) is 1.72. The van der Waals surface area contributed by atoms with E-state index >= 15 is 0 Å². The maximum Gasteiger partial charge on any atom is 0.259 e. The van der Waals surface area contributed by atoms with E-state index in [0.717, 1.165) is 16.0 Å². The van der Waals surface area contributed by atoms with Crippen molar-refractivity contribution in [2.24, 2.45) is 5.73 Å². The number of rotatable bonds is 9. The van der Waals surface area contributed by atoms with Gasteiger partial charge in [0.05, 0.1) is 12.5 Å². The number of fused-ring (bicyclic) bond motifs is 1. The van der Waals surface area contributed by atoms with Gasteiger partial charge < -0.3 is 25.5 Å². The standard InChI is InChI=1S/C21H24N4O5S/c1-11-12(2)31-21-19(11)20(28)24-17(25-21)6-7-18(27)23-9-13-4-5-14(15(8-13)29-3)30-10-16(22)26/h4-5,8H,6-7,9-10H2,1-3H3,(H2,22,26)(H,23,27)(H,24,25,28). The number of thiophene rings is 1. The highest BCUT2D eigenvalue weighted by atomic mass is 32.1. The summed E-state index contributed by atoms with van der Waals surface area (Å²) >= 11 is 1.48. The van der Waals surface area contributed by atoms with E-state index in [9.17, 15) is 14.4 Å². The largest absolute Gasteiger partial charge is 0.493 e. The highest BCUT2D eigenvalue weighted by Crippen LogP contribution is 2.28. The molecule has 0 fully saturated rings. The molecule has 0 aliphatic rings. The molecule has 164 valence electrons. The summed E-state index contributed by atoms with van der Waals surface area (Å²) in [6, 6.07) is 5.12. The molecular formula is C21H24N4O5S. The van der Waals surface area contributed by atoms with Gasteiger partial charge in [-0.1, -0.05) is 6.07 Å². The summed E-state index contributed by atoms with van der Waals surface area (Å²) < 4.78 is 10.5. The van der Waals surface area contributed by atoms with E-state index in [1.54, 1.807) is 18.2 Å². The lowest BCUT2D eigenvalue weighted by molar-refractivity contribution is -0.121. The fraction of sp³-hybridized carbons (Fsp3) is 0.333. The average molecular weight is 445 g/mol. The minimum absolute atomic E-state index is 0.172. The Kier molecular flexibility index (Phi) is 6.91. The second-order valence-electron chi connectivity index (χ2n) is 6.99. The van der Waals surface area contributed by atoms with Crippen LogP contribution in [0.5, 0.6) is 11.5 Å². The first kappa shape index (κ1) is 22.3. The van der Waals surface area contributed by atoms with E-state index in [-0.39, 0.29) is 31.0 Å². The Balaban J connectivity index is 1.57. The van der Waals surface area contributed by atoms with Gasteiger partial charge in [-0.3, -0.25) is 14.4 Å². The summed E-state index contributed by atoms with van der Waals surface area (Å²) in [4.78, 5) is 44.5. The Bertz CT molecular complexity index is 1180. The first-order valence-corrected chi connectivity index (χ1v) is 10.4. The first-order chi connectivity index (χ1) is 14.8. The lowest BCUT2D eigenvalue weighted by Crippen LogP contribution is -2.24. The number of H-pyrrole nitrogens is 1. The number of hydrogen-bond donors (Lipinski definition) is 3. The molecule has 0 spiro atoms. The van der Waals surface area contributed by atoms with Crippen molar-refractivity contribution in [2.45, 2.75) is 33.2 Å². The molecule has 0 atom stereocenters. The van der Waals surface area contributed by atoms with Crippen LogP contribution < -0.4 is 26.1 Å². The van der Waals surface area contributed by atoms with Gasteiger partial charge in [0.1, 0.15) is 10.7 Å². The highest BCUT2D eigenvalue weighted by Gasteiger charge is 2.13. The smallest absolute Gasteiger partial charge is 0.259 e. The summed E-state index contributed by atoms with van der Waals surface area (Å²) in [5, 5.41) is 3.45. The number of nitrogens with zero attached hydrogens (tertiary/aromatic N) is 1. The number of aryl methyl sites for hydroxylation is 3. The number of aromatic nitrogens is 2. The van der Waals surface area contributed by atoms with Crippen molar-refractivity contribution in [1.29, 1.82) is 0 Å². The maximum absolute atomic E-state index is 12.3. The molecule has 4 N–H and O–H groups in total. The molecule has 2 amide bonds. The van der Waals surface area contributed by atoms with Crippen molar-refractivity contribution >= 4 is 33.4 Å². The normalized spacial score (nSPS) is 10.8. The predicted molar refractivity (Wildman–Crippen MR) is 118 cm³/mol. The van der Waals surface area contributed by atoms with Gasteiger partial charge in [0, 0.05) is 24.3 Å². The third-order valence-corrected chi connectivity index (χ3v) is 5.87. The molecule has 0 radical (unpaired) electrons. The van der Waals surface area contributed by atoms with Crippen LogP contribution in [0.3, 0.4) is 0 Å². The second kappa shape index (κ2) is 9.61. The van der Waals surface area contributed by atoms with E-state index in [1.807, 2.05) is 13.8 Å². The number of methoxy groups -OCH3 is 1. The molecule has 10 heteroatoms. The molecule has 1 aromatic carbocycles. The number of aromatic amines is 1. The van der Waals surface area contributed by atoms with Crippen LogP contribution in [0.25, 0.3) is 10.2 Å². The lowest BCUT2D eigenvalue weighted by Gasteiger charge is -2.12. The molecule has 0 unspecified atom stereocenters. The first-order valence-electron chi connectivity index (χ1n) is 9.62. The quantitative estimate of drug-likeness (QED) is 0.460. The van der Waals surface area contributed by atoms with Crippen LogP contribution in [0.2, 0.25) is 0 Å². The third kappa shape index (κ3) is 5.40. The minimum Gasteiger partial charge on any atom is -0.493 e. The third-order valence-electron chi connectivity index (χ3n) is 4.76. The number of ether oxygens (including phenoxy) is 2. The zero-order valence-electron chi connectivity index (χ0n) is 17.5. The van der Waals surface area contributed by atoms with Crippen LogP contribution in [0.4, 0.5) is 0 Å². The van der Waals surface area contributed by atoms with Crippen LogP contribution in [-0.4, -0.2) is 35.5 Å². The molecular weight excluding hydrogens is 420 g/mol. The number of nitrogens with one attached hydrogen (secondary N) is 2. The van der Waals surface area contributed by atoms with Crippen molar-refractivity contribution in [3.05, 3.63) is 50.4 Å². The molecule has 0 aliphatic carbocycles. The molecule has 2 aromatic heterocycles. The Morgan fingerprint density at radius 1 is 1.26 bits per heavy atom. The fourth-order valence-electron chi connectivity index (χ4n) is 3.03. The number of carbonyl (C=O) groups is 2. The number of hydrogen-bond acceptors (Lipinski definition) is 7. The lowest BCUT2D eigenvalue weighted by atomic mass is 10.2. The molecule has 0 saturated carbocycles. The Labute approximate surface area is 182 Å². The van der Waals surface area contributed by atoms with Crippen LogP contribution in [0.1, 0.15) is 28.2 Å². The molecule has 3 rings (SSSR count). The SMILES string of the molecule is COc1cc(CNC(=O)CCc2nc3sc(C)c(C)c3c(=O)[nH]2)ccc1OCC(N)=O. The van der Waals surface area contributed by atoms with Gasteiger partial charge in [-0.2, -0.15) is 0 Å². The van der Waals surface area contributed by atoms with Crippen molar-refractivity contribution in [3.8, 4) is 11.5 Å². The molecule has 0 aliphatic heterocycles. The maximum atomic E-state index is 12.3. The number of amides is 2. The average Bonchev–Trinajstić information content (AvgIpc) is 3.03. The van der Waals surface area contributed by atoms with Crippen LogP contribution in [0, 0.1) is 13.8 Å². The Morgan fingerprint density at radius 2 is 2.03 bits per heavy atom. The van der Waals surface area contributed by atoms with E-state index in [0.29, 0.717) is 34.0 Å². The molecule has 31 heavy (non-hydrogen) atoms. The zero-order valence-corrected chi connectivity index (χ0v) is 18.4. The van der Waals surface area contributed by atoms with Crippen molar-refractivity contribution < 1.29 is 19.1 Å². The van der Waals surface area contributed by atoms with Gasteiger partial charge in [-0.05, 0) is 37.1 Å². The van der Waals surface area contributed by atoms with E-state index in [1.165, 1.54) is 18.4 Å². The van der Waals surface area contributed by atoms with E-state index in [4.69, 9.17) is 15.2 Å². The Hall–Kier alpha value is -3.40. The van der Waals surface area contributed by atoms with Crippen LogP contribution >= 0.6 is 11.3 Å². The number of primary amides is 1. The molecule has 0 bridgehead atoms. The van der Waals surface area contributed by atoms with Crippen molar-refractivity contribution in [3.63, 3.8) is 0 Å². The number of benzene rings is 1.